The summed E-state index contributed by atoms with van der Waals surface area (Å²) >= 11 is 0. The number of hydrogen-bond donors (Lipinski definition) is 1. The van der Waals surface area contributed by atoms with E-state index in [-0.39, 0.29) is 11.7 Å². The van der Waals surface area contributed by atoms with Gasteiger partial charge in [0.25, 0.3) is 0 Å². The minimum Gasteiger partial charge on any atom is -0.424 e. The van der Waals surface area contributed by atoms with Crippen LogP contribution in [0.5, 0.6) is 0 Å². The molecular weight excluding hydrogens is 333 g/mol. The van der Waals surface area contributed by atoms with Crippen LogP contribution >= 0.6 is 0 Å². The molecule has 0 radical (unpaired) electrons. The molecule has 130 valence electrons. The Hall–Kier alpha value is -3.47. The SMILES string of the molecule is C=C1OC(=O)C=C1Cc1ccc(NC(=O)/C=C/c2cccc(F)c2)cc1. The Balaban J connectivity index is 1.58. The van der Waals surface area contributed by atoms with Gasteiger partial charge in [0, 0.05) is 29.8 Å². The predicted molar refractivity (Wildman–Crippen MR) is 97.5 cm³/mol. The van der Waals surface area contributed by atoms with Gasteiger partial charge in [-0.2, -0.15) is 0 Å². The third kappa shape index (κ3) is 4.54. The van der Waals surface area contributed by atoms with Gasteiger partial charge in [0.05, 0.1) is 0 Å². The maximum absolute atomic E-state index is 13.1. The highest BCUT2D eigenvalue weighted by atomic mass is 19.1. The number of hydrogen-bond acceptors (Lipinski definition) is 3. The van der Waals surface area contributed by atoms with E-state index < -0.39 is 5.97 Å². The van der Waals surface area contributed by atoms with E-state index in [0.29, 0.717) is 23.4 Å². The zero-order chi connectivity index (χ0) is 18.5. The number of allylic oxidation sites excluding steroid dienone is 1. The second kappa shape index (κ2) is 7.61. The van der Waals surface area contributed by atoms with E-state index in [2.05, 4.69) is 11.9 Å². The van der Waals surface area contributed by atoms with Gasteiger partial charge in [0.15, 0.2) is 0 Å². The second-order valence-electron chi connectivity index (χ2n) is 5.77. The van der Waals surface area contributed by atoms with Crippen LogP contribution in [0.25, 0.3) is 6.08 Å². The number of carbonyl (C=O) groups excluding carboxylic acids is 2. The molecule has 0 aliphatic carbocycles. The molecule has 0 fully saturated rings. The van der Waals surface area contributed by atoms with Crippen LogP contribution in [0.15, 0.2) is 78.6 Å². The summed E-state index contributed by atoms with van der Waals surface area (Å²) in [5, 5.41) is 2.73. The lowest BCUT2D eigenvalue weighted by molar-refractivity contribution is -0.132. The van der Waals surface area contributed by atoms with E-state index >= 15 is 0 Å². The number of rotatable bonds is 5. The van der Waals surface area contributed by atoms with Crippen LogP contribution in [-0.2, 0) is 20.7 Å². The minimum atomic E-state index is -0.404. The molecule has 1 N–H and O–H groups in total. The summed E-state index contributed by atoms with van der Waals surface area (Å²) in [5.41, 5.74) is 2.94. The Kier molecular flexibility index (Phi) is 5.08. The fourth-order valence-electron chi connectivity index (χ4n) is 2.48. The summed E-state index contributed by atoms with van der Waals surface area (Å²) in [5.74, 6) is -0.697. The quantitative estimate of drug-likeness (QED) is 0.655. The molecule has 1 heterocycles. The highest BCUT2D eigenvalue weighted by Crippen LogP contribution is 2.22. The van der Waals surface area contributed by atoms with Crippen LogP contribution < -0.4 is 5.32 Å². The van der Waals surface area contributed by atoms with Gasteiger partial charge in [0.1, 0.15) is 11.6 Å². The smallest absolute Gasteiger partial charge is 0.336 e. The molecular formula is C21H16FNO3. The second-order valence-corrected chi connectivity index (χ2v) is 5.77. The number of benzene rings is 2. The number of anilines is 1. The summed E-state index contributed by atoms with van der Waals surface area (Å²) < 4.78 is 18.0. The van der Waals surface area contributed by atoms with Gasteiger partial charge in [-0.25, -0.2) is 9.18 Å². The van der Waals surface area contributed by atoms with Crippen LogP contribution in [0.1, 0.15) is 11.1 Å². The number of cyclic esters (lactones) is 1. The molecule has 0 aromatic heterocycles. The van der Waals surface area contributed by atoms with Crippen LogP contribution in [0, 0.1) is 5.82 Å². The van der Waals surface area contributed by atoms with Crippen LogP contribution in [0.4, 0.5) is 10.1 Å². The average molecular weight is 349 g/mol. The van der Waals surface area contributed by atoms with E-state index in [1.807, 2.05) is 12.1 Å². The molecule has 2 aromatic rings. The first-order valence-electron chi connectivity index (χ1n) is 7.95. The van der Waals surface area contributed by atoms with E-state index in [1.165, 1.54) is 24.3 Å². The van der Waals surface area contributed by atoms with E-state index in [9.17, 15) is 14.0 Å². The Morgan fingerprint density at radius 3 is 2.62 bits per heavy atom. The number of esters is 1. The van der Waals surface area contributed by atoms with Gasteiger partial charge >= 0.3 is 5.97 Å². The highest BCUT2D eigenvalue weighted by Gasteiger charge is 2.17. The zero-order valence-corrected chi connectivity index (χ0v) is 13.9. The van der Waals surface area contributed by atoms with Crippen LogP contribution in [-0.4, -0.2) is 11.9 Å². The molecule has 3 rings (SSSR count). The first-order valence-corrected chi connectivity index (χ1v) is 7.95. The molecule has 0 spiro atoms. The van der Waals surface area contributed by atoms with Gasteiger partial charge < -0.3 is 10.1 Å². The van der Waals surface area contributed by atoms with Crippen LogP contribution in [0.2, 0.25) is 0 Å². The summed E-state index contributed by atoms with van der Waals surface area (Å²) in [6.07, 6.45) is 4.84. The topological polar surface area (TPSA) is 55.4 Å². The van der Waals surface area contributed by atoms with Crippen molar-refractivity contribution in [2.75, 3.05) is 5.32 Å². The Labute approximate surface area is 150 Å². The van der Waals surface area contributed by atoms with Crippen molar-refractivity contribution in [3.05, 3.63) is 95.5 Å². The van der Waals surface area contributed by atoms with Crippen LogP contribution in [0.3, 0.4) is 0 Å². The normalized spacial score (nSPS) is 13.7. The largest absolute Gasteiger partial charge is 0.424 e. The lowest BCUT2D eigenvalue weighted by Crippen LogP contribution is -2.07. The Morgan fingerprint density at radius 2 is 1.96 bits per heavy atom. The fourth-order valence-corrected chi connectivity index (χ4v) is 2.48. The summed E-state index contributed by atoms with van der Waals surface area (Å²) in [6, 6.07) is 13.2. The number of ether oxygens (including phenoxy) is 1. The van der Waals surface area contributed by atoms with Gasteiger partial charge in [-0.05, 0) is 41.5 Å². The Morgan fingerprint density at radius 1 is 1.19 bits per heavy atom. The van der Waals surface area contributed by atoms with Crippen molar-refractivity contribution in [2.45, 2.75) is 6.42 Å². The lowest BCUT2D eigenvalue weighted by atomic mass is 10.0. The molecule has 0 bridgehead atoms. The summed E-state index contributed by atoms with van der Waals surface area (Å²) in [4.78, 5) is 23.1. The van der Waals surface area contributed by atoms with E-state index in [4.69, 9.17) is 4.74 Å². The summed E-state index contributed by atoms with van der Waals surface area (Å²) in [6.45, 7) is 3.69. The molecule has 0 atom stereocenters. The van der Waals surface area contributed by atoms with Crippen molar-refractivity contribution < 1.29 is 18.7 Å². The zero-order valence-electron chi connectivity index (χ0n) is 13.9. The molecule has 4 nitrogen and oxygen atoms in total. The van der Waals surface area contributed by atoms with E-state index in [0.717, 1.165) is 11.1 Å². The third-order valence-corrected chi connectivity index (χ3v) is 3.77. The van der Waals surface area contributed by atoms with Crippen molar-refractivity contribution in [1.82, 2.24) is 0 Å². The van der Waals surface area contributed by atoms with Gasteiger partial charge in [0.2, 0.25) is 5.91 Å². The summed E-state index contributed by atoms with van der Waals surface area (Å²) in [7, 11) is 0. The predicted octanol–water partition coefficient (Wildman–Crippen LogP) is 4.02. The molecule has 0 saturated carbocycles. The molecule has 1 amide bonds. The first kappa shape index (κ1) is 17.4. The molecule has 5 heteroatoms. The van der Waals surface area contributed by atoms with Gasteiger partial charge in [-0.15, -0.1) is 0 Å². The molecule has 26 heavy (non-hydrogen) atoms. The third-order valence-electron chi connectivity index (χ3n) is 3.77. The molecule has 0 saturated heterocycles. The molecule has 1 aliphatic heterocycles. The number of nitrogens with one attached hydrogen (secondary N) is 1. The van der Waals surface area contributed by atoms with Crippen molar-refractivity contribution in [3.8, 4) is 0 Å². The lowest BCUT2D eigenvalue weighted by Gasteiger charge is -2.06. The minimum absolute atomic E-state index is 0.312. The molecule has 2 aromatic carbocycles. The molecule has 0 unspecified atom stereocenters. The number of halogens is 1. The van der Waals surface area contributed by atoms with E-state index in [1.54, 1.807) is 30.3 Å². The maximum Gasteiger partial charge on any atom is 0.336 e. The monoisotopic (exact) mass is 349 g/mol. The number of amides is 1. The maximum atomic E-state index is 13.1. The number of carbonyl (C=O) groups is 2. The van der Waals surface area contributed by atoms with Gasteiger partial charge in [-0.3, -0.25) is 4.79 Å². The first-order chi connectivity index (χ1) is 12.5. The van der Waals surface area contributed by atoms with Crippen molar-refractivity contribution in [2.24, 2.45) is 0 Å². The fraction of sp³-hybridized carbons (Fsp3) is 0.0476. The highest BCUT2D eigenvalue weighted by molar-refractivity contribution is 6.01. The van der Waals surface area contributed by atoms with Crippen molar-refractivity contribution in [3.63, 3.8) is 0 Å². The standard InChI is InChI=1S/C21H16FNO3/c1-14-17(13-21(25)26-14)11-16-5-8-19(9-6-16)23-20(24)10-7-15-3-2-4-18(22)12-15/h2-10,12-13H,1,11H2,(H,23,24)/b10-7+. The average Bonchev–Trinajstić information content (AvgIpc) is 2.92. The van der Waals surface area contributed by atoms with Gasteiger partial charge in [-0.1, -0.05) is 30.8 Å². The van der Waals surface area contributed by atoms with Crippen molar-refractivity contribution >= 4 is 23.6 Å². The van der Waals surface area contributed by atoms with Crippen molar-refractivity contribution in [1.29, 1.82) is 0 Å². The molecule has 1 aliphatic rings. The Bertz CT molecular complexity index is 927.